The van der Waals surface area contributed by atoms with E-state index in [1.54, 1.807) is 52.0 Å². The molecule has 0 aliphatic carbocycles. The zero-order valence-electron chi connectivity index (χ0n) is 42.4. The van der Waals surface area contributed by atoms with Crippen LogP contribution in [0.4, 0.5) is 26.3 Å². The van der Waals surface area contributed by atoms with Crippen LogP contribution in [0.25, 0.3) is 22.8 Å². The van der Waals surface area contributed by atoms with Crippen LogP contribution in [-0.2, 0) is 80.0 Å². The number of aromatic nitrogens is 6. The molecule has 0 N–H and O–H groups in total. The second-order valence-corrected chi connectivity index (χ2v) is 17.4. The maximum Gasteiger partial charge on any atom is 0.471 e. The first-order valence-electron chi connectivity index (χ1n) is 24.3. The highest BCUT2D eigenvalue weighted by Crippen LogP contribution is 2.34. The molecule has 0 saturated carbocycles. The summed E-state index contributed by atoms with van der Waals surface area (Å²) in [5.74, 6) is -0.429. The molecule has 3 aromatic carbocycles. The summed E-state index contributed by atoms with van der Waals surface area (Å²) < 4.78 is 143. The third-order valence-electron chi connectivity index (χ3n) is 11.2. The van der Waals surface area contributed by atoms with E-state index in [9.17, 15) is 26.3 Å². The van der Waals surface area contributed by atoms with Crippen molar-refractivity contribution in [2.75, 3.05) is 66.1 Å². The highest BCUT2D eigenvalue weighted by Gasteiger charge is 2.39. The SMILES string of the molecule is Cc1cc(-c2noc(C(F)(F)F)n2)cc(C)c1OCCCc1cc(COCCOCCOCc2ccc(COCCOCCOCc3cc(CCCOc4c(C)cc(-c5noc(C(F)(F)F)n5)cc4C)on3)cc2)no1. The molecule has 410 valence electrons. The van der Waals surface area contributed by atoms with E-state index < -0.39 is 24.1 Å². The molecule has 0 radical (unpaired) electrons. The molecule has 7 rings (SSSR count). The first kappa shape index (κ1) is 57.0. The third-order valence-corrected chi connectivity index (χ3v) is 11.2. The van der Waals surface area contributed by atoms with Gasteiger partial charge in [-0.3, -0.25) is 0 Å². The number of aryl methyl sites for hydroxylation is 6. The van der Waals surface area contributed by atoms with Gasteiger partial charge in [-0.15, -0.1) is 0 Å². The first-order valence-corrected chi connectivity index (χ1v) is 24.3. The number of hydrogen-bond acceptors (Lipinski definition) is 18. The molecule has 0 aliphatic heterocycles. The lowest BCUT2D eigenvalue weighted by Gasteiger charge is -2.13. The summed E-state index contributed by atoms with van der Waals surface area (Å²) in [6.07, 6.45) is -6.97. The molecule has 0 saturated heterocycles. The van der Waals surface area contributed by atoms with Crippen LogP contribution in [0.15, 0.2) is 78.8 Å². The van der Waals surface area contributed by atoms with Crippen LogP contribution in [0.2, 0.25) is 0 Å². The smallest absolute Gasteiger partial charge is 0.471 e. The normalized spacial score (nSPS) is 12.0. The largest absolute Gasteiger partial charge is 0.493 e. The van der Waals surface area contributed by atoms with Gasteiger partial charge in [0.05, 0.1) is 92.5 Å². The molecule has 76 heavy (non-hydrogen) atoms. The van der Waals surface area contributed by atoms with Crippen LogP contribution in [0, 0.1) is 27.7 Å². The van der Waals surface area contributed by atoms with Crippen LogP contribution in [0.1, 0.15) is 80.9 Å². The van der Waals surface area contributed by atoms with Crippen molar-refractivity contribution in [3.05, 3.63) is 129 Å². The molecule has 0 unspecified atom stereocenters. The molecule has 4 heterocycles. The van der Waals surface area contributed by atoms with Crippen LogP contribution < -0.4 is 9.47 Å². The molecule has 0 aliphatic rings. The molecule has 0 spiro atoms. The number of rotatable bonds is 32. The van der Waals surface area contributed by atoms with Crippen LogP contribution in [0.5, 0.6) is 11.5 Å². The molecule has 7 aromatic rings. The number of alkyl halides is 6. The van der Waals surface area contributed by atoms with Gasteiger partial charge in [0, 0.05) is 36.1 Å². The van der Waals surface area contributed by atoms with E-state index in [-0.39, 0.29) is 24.9 Å². The Morgan fingerprint density at radius 3 is 1.09 bits per heavy atom. The van der Waals surface area contributed by atoms with E-state index in [0.29, 0.717) is 151 Å². The number of benzene rings is 3. The van der Waals surface area contributed by atoms with Gasteiger partial charge in [-0.2, -0.15) is 36.3 Å². The topological polar surface area (TPSA) is 204 Å². The van der Waals surface area contributed by atoms with Gasteiger partial charge in [-0.1, -0.05) is 44.9 Å². The van der Waals surface area contributed by atoms with Gasteiger partial charge in [-0.25, -0.2) is 0 Å². The molecule has 0 fully saturated rings. The zero-order chi connectivity index (χ0) is 53.9. The first-order chi connectivity index (χ1) is 36.6. The Bertz CT molecular complexity index is 2630. The van der Waals surface area contributed by atoms with Gasteiger partial charge in [0.2, 0.25) is 11.6 Å². The fraction of sp³-hybridized carbons (Fsp3) is 0.462. The van der Waals surface area contributed by atoms with Crippen molar-refractivity contribution in [1.29, 1.82) is 0 Å². The Morgan fingerprint density at radius 2 is 0.750 bits per heavy atom. The lowest BCUT2D eigenvalue weighted by molar-refractivity contribution is -0.160. The molecular formula is C52H58F6N6O12. The highest BCUT2D eigenvalue weighted by molar-refractivity contribution is 5.62. The molecule has 0 bridgehead atoms. The van der Waals surface area contributed by atoms with Gasteiger partial charge in [0.15, 0.2) is 0 Å². The van der Waals surface area contributed by atoms with Gasteiger partial charge in [-0.05, 0) is 98.2 Å². The summed E-state index contributed by atoms with van der Waals surface area (Å²) in [7, 11) is 0. The third kappa shape index (κ3) is 17.7. The molecule has 0 atom stereocenters. The predicted octanol–water partition coefficient (Wildman–Crippen LogP) is 10.6. The Hall–Kier alpha value is -6.70. The number of nitrogens with zero attached hydrogens (tertiary/aromatic N) is 6. The molecular weight excluding hydrogens is 1010 g/mol. The lowest BCUT2D eigenvalue weighted by atomic mass is 10.1. The second-order valence-electron chi connectivity index (χ2n) is 17.4. The average molecular weight is 1070 g/mol. The number of hydrogen-bond donors (Lipinski definition) is 0. The minimum absolute atomic E-state index is 0.146. The van der Waals surface area contributed by atoms with Crippen molar-refractivity contribution in [3.8, 4) is 34.3 Å². The predicted molar refractivity (Wildman–Crippen MR) is 256 cm³/mol. The van der Waals surface area contributed by atoms with Crippen LogP contribution >= 0.6 is 0 Å². The fourth-order valence-corrected chi connectivity index (χ4v) is 7.59. The summed E-state index contributed by atoms with van der Waals surface area (Å²) in [5, 5.41) is 15.0. The van der Waals surface area contributed by atoms with Gasteiger partial charge >= 0.3 is 24.1 Å². The van der Waals surface area contributed by atoms with E-state index in [0.717, 1.165) is 33.4 Å². The molecule has 0 amide bonds. The Labute approximate surface area is 433 Å². The Kier molecular flexibility index (Phi) is 20.9. The summed E-state index contributed by atoms with van der Waals surface area (Å²) in [6.45, 7) is 12.7. The van der Waals surface area contributed by atoms with Crippen molar-refractivity contribution >= 4 is 0 Å². The maximum atomic E-state index is 12.9. The van der Waals surface area contributed by atoms with E-state index in [1.807, 2.05) is 36.4 Å². The van der Waals surface area contributed by atoms with Gasteiger partial charge < -0.3 is 56.0 Å². The summed E-state index contributed by atoms with van der Waals surface area (Å²) in [5.41, 5.74) is 7.11. The Morgan fingerprint density at radius 1 is 0.408 bits per heavy atom. The highest BCUT2D eigenvalue weighted by atomic mass is 19.4. The van der Waals surface area contributed by atoms with E-state index in [4.69, 9.17) is 46.9 Å². The average Bonchev–Trinajstić information content (AvgIpc) is 4.24. The van der Waals surface area contributed by atoms with E-state index in [1.165, 1.54) is 0 Å². The van der Waals surface area contributed by atoms with Crippen molar-refractivity contribution < 1.29 is 82.3 Å². The summed E-state index contributed by atoms with van der Waals surface area (Å²) in [4.78, 5) is 6.92. The lowest BCUT2D eigenvalue weighted by Crippen LogP contribution is -2.10. The van der Waals surface area contributed by atoms with Crippen LogP contribution in [0.3, 0.4) is 0 Å². The monoisotopic (exact) mass is 1070 g/mol. The quantitative estimate of drug-likeness (QED) is 0.0284. The van der Waals surface area contributed by atoms with Crippen molar-refractivity contribution in [2.45, 2.75) is 92.2 Å². The number of ether oxygens (including phenoxy) is 8. The van der Waals surface area contributed by atoms with E-state index >= 15 is 0 Å². The summed E-state index contributed by atoms with van der Waals surface area (Å²) >= 11 is 0. The van der Waals surface area contributed by atoms with Crippen molar-refractivity contribution in [1.82, 2.24) is 30.6 Å². The standard InChI is InChI=1S/C52H58F6N6O12/c1-33-23-39(47-59-49(75-63-47)51(53,54)55)24-34(2)45(33)71-13-5-7-43-27-41(61-73-43)31-69-21-17-65-15-19-67-29-37-9-11-38(12-10-37)30-68-20-16-66-18-22-70-32-42-28-44(74-62-42)8-6-14-72-46-35(3)25-40(26-36(46)4)48-60-50(76-64-48)52(56,57)58/h9-12,23-28H,5-8,13-22,29-32H2,1-4H3. The molecule has 24 heteroatoms. The maximum absolute atomic E-state index is 12.9. The summed E-state index contributed by atoms with van der Waals surface area (Å²) in [6, 6.07) is 18.3. The van der Waals surface area contributed by atoms with Gasteiger partial charge in [0.25, 0.3) is 0 Å². The van der Waals surface area contributed by atoms with Crippen LogP contribution in [-0.4, -0.2) is 96.7 Å². The minimum Gasteiger partial charge on any atom is -0.493 e. The molecule has 18 nitrogen and oxygen atoms in total. The van der Waals surface area contributed by atoms with E-state index in [2.05, 4.69) is 39.6 Å². The minimum atomic E-state index is -4.72. The fourth-order valence-electron chi connectivity index (χ4n) is 7.59. The van der Waals surface area contributed by atoms with Gasteiger partial charge in [0.1, 0.15) is 34.4 Å². The zero-order valence-corrected chi connectivity index (χ0v) is 42.4. The Balaban J connectivity index is 0.640. The van der Waals surface area contributed by atoms with Crippen molar-refractivity contribution in [2.24, 2.45) is 0 Å². The van der Waals surface area contributed by atoms with Crippen molar-refractivity contribution in [3.63, 3.8) is 0 Å². The second kappa shape index (κ2) is 27.9. The molecule has 4 aromatic heterocycles. The number of halogens is 6.